The lowest BCUT2D eigenvalue weighted by molar-refractivity contribution is -0.273. The van der Waals surface area contributed by atoms with Gasteiger partial charge in [0, 0.05) is 31.5 Å². The van der Waals surface area contributed by atoms with E-state index in [4.69, 9.17) is 4.74 Å². The van der Waals surface area contributed by atoms with Crippen LogP contribution in [0.5, 0.6) is 0 Å². The lowest BCUT2D eigenvalue weighted by Gasteiger charge is -2.38. The zero-order valence-corrected chi connectivity index (χ0v) is 23.0. The molecule has 1 N–H and O–H groups in total. The second-order valence-electron chi connectivity index (χ2n) is 8.76. The van der Waals surface area contributed by atoms with E-state index in [1.54, 1.807) is 6.92 Å². The number of ether oxygens (including phenoxy) is 1. The number of fused-ring (bicyclic) bond motifs is 1. The van der Waals surface area contributed by atoms with Crippen LogP contribution in [0, 0.1) is 18.6 Å². The zero-order chi connectivity index (χ0) is 28.3. The van der Waals surface area contributed by atoms with Crippen molar-refractivity contribution in [3.63, 3.8) is 0 Å². The molecule has 1 aromatic heterocycles. The van der Waals surface area contributed by atoms with Crippen LogP contribution in [0.15, 0.2) is 56.9 Å². The minimum absolute atomic E-state index is 0.205. The molecule has 0 fully saturated rings. The van der Waals surface area contributed by atoms with E-state index in [0.717, 1.165) is 7.11 Å². The topological polar surface area (TPSA) is 94.5 Å². The average molecular weight is 643 g/mol. The Morgan fingerprint density at radius 3 is 2.26 bits per heavy atom. The molecule has 0 saturated heterocycles. The number of alkyl halides is 3. The number of anilines is 1. The first-order chi connectivity index (χ1) is 17.5. The van der Waals surface area contributed by atoms with Crippen LogP contribution in [-0.4, -0.2) is 39.7 Å². The molecule has 0 amide bonds. The molecule has 7 nitrogen and oxygen atoms in total. The van der Waals surface area contributed by atoms with Crippen molar-refractivity contribution in [3.8, 4) is 0 Å². The largest absolute Gasteiger partial charge is 0.417 e. The Bertz CT molecular complexity index is 1620. The molecular formula is C23H20BrF5N2O5S2. The predicted octanol–water partition coefficient (Wildman–Crippen LogP) is 5.31. The number of aryl methyl sites for hydroxylation is 1. The Morgan fingerprint density at radius 1 is 1.05 bits per heavy atom. The molecule has 4 rings (SSSR count). The number of sulfonamides is 1. The summed E-state index contributed by atoms with van der Waals surface area (Å²) >= 11 is 2.77. The van der Waals surface area contributed by atoms with Crippen molar-refractivity contribution in [1.82, 2.24) is 3.97 Å². The highest BCUT2D eigenvalue weighted by atomic mass is 79.9. The van der Waals surface area contributed by atoms with Gasteiger partial charge in [-0.05, 0) is 59.5 Å². The summed E-state index contributed by atoms with van der Waals surface area (Å²) in [5.41, 5.74) is -3.48. The number of methoxy groups -OCH3 is 1. The van der Waals surface area contributed by atoms with Gasteiger partial charge in [0.15, 0.2) is 5.60 Å². The van der Waals surface area contributed by atoms with Crippen LogP contribution in [0.3, 0.4) is 0 Å². The fraction of sp³-hybridized carbons (Fsp3) is 0.304. The van der Waals surface area contributed by atoms with Crippen LogP contribution in [0.4, 0.5) is 27.6 Å². The molecule has 1 heterocycles. The molecule has 15 heteroatoms. The Balaban J connectivity index is 1.92. The number of nitrogens with one attached hydrogen (secondary N) is 1. The molecule has 1 aliphatic rings. The van der Waals surface area contributed by atoms with E-state index >= 15 is 0 Å². The minimum Gasteiger partial charge on any atom is -0.368 e. The molecule has 1 unspecified atom stereocenters. The summed E-state index contributed by atoms with van der Waals surface area (Å²) in [6.07, 6.45) is -6.44. The highest BCUT2D eigenvalue weighted by Crippen LogP contribution is 2.45. The molecule has 0 bridgehead atoms. The van der Waals surface area contributed by atoms with Crippen LogP contribution >= 0.6 is 15.9 Å². The average Bonchev–Trinajstić information content (AvgIpc) is 3.22. The van der Waals surface area contributed by atoms with Crippen molar-refractivity contribution in [3.05, 3.63) is 75.5 Å². The third-order valence-electron chi connectivity index (χ3n) is 6.41. The maximum absolute atomic E-state index is 14.4. The van der Waals surface area contributed by atoms with Gasteiger partial charge in [-0.1, -0.05) is 17.7 Å². The summed E-state index contributed by atoms with van der Waals surface area (Å²) in [5, 5.41) is 0. The Labute approximate surface area is 223 Å². The minimum atomic E-state index is -4.91. The first-order valence-electron chi connectivity index (χ1n) is 10.9. The first kappa shape index (κ1) is 28.5. The lowest BCUT2D eigenvalue weighted by Crippen LogP contribution is -2.51. The van der Waals surface area contributed by atoms with Crippen LogP contribution in [0.25, 0.3) is 0 Å². The number of benzene rings is 2. The predicted molar refractivity (Wildman–Crippen MR) is 131 cm³/mol. The van der Waals surface area contributed by atoms with E-state index in [2.05, 4.69) is 15.9 Å². The monoisotopic (exact) mass is 642 g/mol. The number of rotatable bonds is 6. The van der Waals surface area contributed by atoms with E-state index in [1.165, 1.54) is 24.3 Å². The molecular weight excluding hydrogens is 623 g/mol. The third-order valence-corrected chi connectivity index (χ3v) is 10.1. The van der Waals surface area contributed by atoms with Gasteiger partial charge in [-0.2, -0.15) is 13.2 Å². The maximum atomic E-state index is 14.4. The van der Waals surface area contributed by atoms with Gasteiger partial charge in [-0.3, -0.25) is 4.72 Å². The lowest BCUT2D eigenvalue weighted by atomic mass is 9.83. The van der Waals surface area contributed by atoms with Gasteiger partial charge in [-0.15, -0.1) is 0 Å². The fourth-order valence-corrected chi connectivity index (χ4v) is 7.42. The van der Waals surface area contributed by atoms with Crippen molar-refractivity contribution in [2.24, 2.45) is 0 Å². The van der Waals surface area contributed by atoms with E-state index in [1.807, 2.05) is 4.72 Å². The molecule has 2 aromatic carbocycles. The smallest absolute Gasteiger partial charge is 0.368 e. The van der Waals surface area contributed by atoms with E-state index in [0.29, 0.717) is 27.9 Å². The molecule has 3 aromatic rings. The van der Waals surface area contributed by atoms with Crippen molar-refractivity contribution in [1.29, 1.82) is 0 Å². The Hall–Kier alpha value is -2.49. The molecule has 38 heavy (non-hydrogen) atoms. The molecule has 0 aliphatic heterocycles. The van der Waals surface area contributed by atoms with Gasteiger partial charge in [-0.25, -0.2) is 29.6 Å². The number of hydrogen-bond acceptors (Lipinski definition) is 5. The summed E-state index contributed by atoms with van der Waals surface area (Å²) in [6.45, 7) is 1.70. The Morgan fingerprint density at radius 2 is 1.68 bits per heavy atom. The SMILES string of the molecule is COC1(C(F)(F)F)CCc2c(S(=O)(=O)Nc3cc(F)c(Br)cc3F)cn(S(=O)(=O)c3ccc(C)cc3)c2C1. The van der Waals surface area contributed by atoms with Crippen LogP contribution < -0.4 is 4.72 Å². The van der Waals surface area contributed by atoms with Gasteiger partial charge in [0.05, 0.1) is 15.1 Å². The van der Waals surface area contributed by atoms with Gasteiger partial charge in [0.25, 0.3) is 20.0 Å². The third kappa shape index (κ3) is 4.84. The van der Waals surface area contributed by atoms with E-state index in [9.17, 15) is 38.8 Å². The second-order valence-corrected chi connectivity index (χ2v) is 13.1. The van der Waals surface area contributed by atoms with Gasteiger partial charge in [0.2, 0.25) is 0 Å². The summed E-state index contributed by atoms with van der Waals surface area (Å²) in [5.74, 6) is -2.13. The van der Waals surface area contributed by atoms with Gasteiger partial charge >= 0.3 is 6.18 Å². The summed E-state index contributed by atoms with van der Waals surface area (Å²) in [6, 6.07) is 6.68. The summed E-state index contributed by atoms with van der Waals surface area (Å²) in [4.78, 5) is -0.975. The van der Waals surface area contributed by atoms with Crippen LogP contribution in [0.2, 0.25) is 0 Å². The highest BCUT2D eigenvalue weighted by molar-refractivity contribution is 9.10. The van der Waals surface area contributed by atoms with E-state index < -0.39 is 79.0 Å². The normalized spacial score (nSPS) is 18.3. The number of nitrogens with zero attached hydrogens (tertiary/aromatic N) is 1. The zero-order valence-electron chi connectivity index (χ0n) is 19.7. The van der Waals surface area contributed by atoms with Crippen molar-refractivity contribution in [2.45, 2.75) is 47.8 Å². The maximum Gasteiger partial charge on any atom is 0.417 e. The number of aromatic nitrogens is 1. The van der Waals surface area contributed by atoms with E-state index in [-0.39, 0.29) is 14.9 Å². The molecule has 1 atom stereocenters. The van der Waals surface area contributed by atoms with Crippen molar-refractivity contribution in [2.75, 3.05) is 11.8 Å². The molecule has 0 saturated carbocycles. The van der Waals surface area contributed by atoms with Crippen molar-refractivity contribution >= 4 is 41.7 Å². The number of halogens is 6. The molecule has 0 radical (unpaired) electrons. The van der Waals surface area contributed by atoms with Crippen LogP contribution in [-0.2, 0) is 37.6 Å². The standard InChI is InChI=1S/C23H20BrF5N2O5S2/c1-13-3-5-14(6-4-13)38(34,35)31-12-21(15-7-8-22(36-2,11-20(15)31)23(27,28)29)37(32,33)30-19-10-17(25)16(24)9-18(19)26/h3-6,9-10,12,30H,7-8,11H2,1-2H3. The van der Waals surface area contributed by atoms with Gasteiger partial charge in [0.1, 0.15) is 16.5 Å². The molecule has 1 aliphatic carbocycles. The molecule has 206 valence electrons. The second kappa shape index (κ2) is 9.61. The quantitative estimate of drug-likeness (QED) is 0.291. The van der Waals surface area contributed by atoms with Crippen LogP contribution in [0.1, 0.15) is 23.2 Å². The number of hydrogen-bond donors (Lipinski definition) is 1. The summed E-state index contributed by atoms with van der Waals surface area (Å²) < 4.78 is 131. The first-order valence-corrected chi connectivity index (χ1v) is 14.6. The van der Waals surface area contributed by atoms with Gasteiger partial charge < -0.3 is 4.74 Å². The fourth-order valence-electron chi connectivity index (χ4n) is 4.28. The Kier molecular flexibility index (Phi) is 7.21. The highest BCUT2D eigenvalue weighted by Gasteiger charge is 2.58. The molecule has 0 spiro atoms. The van der Waals surface area contributed by atoms with Crippen molar-refractivity contribution < 1.29 is 43.5 Å². The summed E-state index contributed by atoms with van der Waals surface area (Å²) in [7, 11) is -8.53.